The number of pyridine rings is 1. The zero-order valence-electron chi connectivity index (χ0n) is 18.5. The molecule has 3 heterocycles. The van der Waals surface area contributed by atoms with Crippen LogP contribution in [0.2, 0.25) is 0 Å². The van der Waals surface area contributed by atoms with E-state index in [0.29, 0.717) is 0 Å². The molecule has 0 saturated carbocycles. The third-order valence-electron chi connectivity index (χ3n) is 6.54. The predicted octanol–water partition coefficient (Wildman–Crippen LogP) is 7.77. The van der Waals surface area contributed by atoms with Crippen LogP contribution in [0, 0.1) is 0 Å². The third kappa shape index (κ3) is 2.81. The summed E-state index contributed by atoms with van der Waals surface area (Å²) in [5.41, 5.74) is 8.80. The second-order valence-electron chi connectivity index (χ2n) is 8.52. The first kappa shape index (κ1) is 18.9. The molecule has 4 aromatic carbocycles. The lowest BCUT2D eigenvalue weighted by Gasteiger charge is -2.09. The molecule has 0 aliphatic rings. The van der Waals surface area contributed by atoms with E-state index in [2.05, 4.69) is 130 Å². The molecule has 0 fully saturated rings. The van der Waals surface area contributed by atoms with Crippen LogP contribution < -0.4 is 0 Å². The first-order chi connectivity index (χ1) is 16.9. The average molecular weight is 436 g/mol. The summed E-state index contributed by atoms with van der Waals surface area (Å²) in [6.45, 7) is 0. The van der Waals surface area contributed by atoms with Gasteiger partial charge in [-0.3, -0.25) is 4.40 Å². The summed E-state index contributed by atoms with van der Waals surface area (Å²) in [5, 5.41) is 2.52. The van der Waals surface area contributed by atoms with E-state index in [0.717, 1.165) is 33.8 Å². The van der Waals surface area contributed by atoms with Crippen LogP contribution in [-0.2, 0) is 0 Å². The topological polar surface area (TPSA) is 22.2 Å². The van der Waals surface area contributed by atoms with Crippen LogP contribution >= 0.6 is 0 Å². The van der Waals surface area contributed by atoms with Crippen LogP contribution in [0.25, 0.3) is 55.7 Å². The fraction of sp³-hybridized carbons (Fsp3) is 0. The molecule has 0 saturated heterocycles. The van der Waals surface area contributed by atoms with Crippen LogP contribution in [-0.4, -0.2) is 14.0 Å². The van der Waals surface area contributed by atoms with Gasteiger partial charge < -0.3 is 4.57 Å². The highest BCUT2D eigenvalue weighted by molar-refractivity contribution is 6.09. The quantitative estimate of drug-likeness (QED) is 0.278. The Bertz CT molecular complexity index is 1740. The largest absolute Gasteiger partial charge is 0.309 e. The van der Waals surface area contributed by atoms with Gasteiger partial charge in [-0.2, -0.15) is 0 Å². The molecule has 3 heteroatoms. The molecule has 160 valence electrons. The van der Waals surface area contributed by atoms with Gasteiger partial charge in [0.15, 0.2) is 0 Å². The average Bonchev–Trinajstić information content (AvgIpc) is 3.45. The molecular weight excluding hydrogens is 414 g/mol. The molecular formula is C31H21N3. The molecule has 3 aromatic heterocycles. The van der Waals surface area contributed by atoms with E-state index < -0.39 is 0 Å². The Morgan fingerprint density at radius 2 is 1.09 bits per heavy atom. The van der Waals surface area contributed by atoms with Gasteiger partial charge in [-0.05, 0) is 18.2 Å². The maximum absolute atomic E-state index is 5.14. The van der Waals surface area contributed by atoms with E-state index in [9.17, 15) is 0 Å². The van der Waals surface area contributed by atoms with Crippen LogP contribution in [0.1, 0.15) is 0 Å². The van der Waals surface area contributed by atoms with Gasteiger partial charge in [0, 0.05) is 34.2 Å². The van der Waals surface area contributed by atoms with Crippen molar-refractivity contribution in [3.8, 4) is 28.2 Å². The fourth-order valence-corrected chi connectivity index (χ4v) is 5.04. The van der Waals surface area contributed by atoms with Crippen molar-refractivity contribution >= 4 is 27.5 Å². The van der Waals surface area contributed by atoms with Crippen molar-refractivity contribution in [3.63, 3.8) is 0 Å². The minimum Gasteiger partial charge on any atom is -0.309 e. The first-order valence-corrected chi connectivity index (χ1v) is 11.5. The van der Waals surface area contributed by atoms with Gasteiger partial charge in [-0.1, -0.05) is 97.1 Å². The summed E-state index contributed by atoms with van der Waals surface area (Å²) in [5.74, 6) is 0. The molecule has 7 rings (SSSR count). The van der Waals surface area contributed by atoms with Crippen molar-refractivity contribution in [3.05, 3.63) is 128 Å². The second-order valence-corrected chi connectivity index (χ2v) is 8.52. The van der Waals surface area contributed by atoms with Crippen molar-refractivity contribution in [1.82, 2.24) is 14.0 Å². The summed E-state index contributed by atoms with van der Waals surface area (Å²) in [6.07, 6.45) is 2.15. The van der Waals surface area contributed by atoms with Crippen LogP contribution in [0.5, 0.6) is 0 Å². The van der Waals surface area contributed by atoms with Gasteiger partial charge in [-0.25, -0.2) is 4.98 Å². The number of imidazole rings is 1. The van der Waals surface area contributed by atoms with E-state index in [1.165, 1.54) is 21.8 Å². The maximum atomic E-state index is 5.14. The summed E-state index contributed by atoms with van der Waals surface area (Å²) >= 11 is 0. The van der Waals surface area contributed by atoms with Crippen molar-refractivity contribution in [2.24, 2.45) is 0 Å². The summed E-state index contributed by atoms with van der Waals surface area (Å²) < 4.78 is 4.54. The minimum atomic E-state index is 0.928. The van der Waals surface area contributed by atoms with Crippen molar-refractivity contribution in [2.75, 3.05) is 0 Å². The molecule has 3 nitrogen and oxygen atoms in total. The Kier molecular flexibility index (Phi) is 4.15. The van der Waals surface area contributed by atoms with E-state index in [1.54, 1.807) is 0 Å². The Morgan fingerprint density at radius 1 is 0.529 bits per heavy atom. The normalized spacial score (nSPS) is 11.5. The summed E-state index contributed by atoms with van der Waals surface area (Å²) in [4.78, 5) is 5.14. The van der Waals surface area contributed by atoms with Crippen LogP contribution in [0.3, 0.4) is 0 Å². The predicted molar refractivity (Wildman–Crippen MR) is 140 cm³/mol. The van der Waals surface area contributed by atoms with E-state index in [1.807, 2.05) is 6.07 Å². The van der Waals surface area contributed by atoms with E-state index in [4.69, 9.17) is 4.98 Å². The third-order valence-corrected chi connectivity index (χ3v) is 6.54. The van der Waals surface area contributed by atoms with Crippen LogP contribution in [0.15, 0.2) is 128 Å². The summed E-state index contributed by atoms with van der Waals surface area (Å²) in [7, 11) is 0. The minimum absolute atomic E-state index is 0.928. The van der Waals surface area contributed by atoms with Crippen molar-refractivity contribution in [2.45, 2.75) is 0 Å². The molecule has 0 bridgehead atoms. The molecule has 0 unspecified atom stereocenters. The summed E-state index contributed by atoms with van der Waals surface area (Å²) in [6, 6.07) is 42.5. The number of nitrogens with zero attached hydrogens (tertiary/aromatic N) is 3. The molecule has 34 heavy (non-hydrogen) atoms. The molecule has 0 aliphatic carbocycles. The van der Waals surface area contributed by atoms with Gasteiger partial charge in [0.25, 0.3) is 0 Å². The van der Waals surface area contributed by atoms with Gasteiger partial charge >= 0.3 is 0 Å². The second kappa shape index (κ2) is 7.46. The molecule has 0 N–H and O–H groups in total. The highest BCUT2D eigenvalue weighted by Gasteiger charge is 2.17. The maximum Gasteiger partial charge on any atom is 0.140 e. The number of aromatic nitrogens is 3. The number of para-hydroxylation sites is 2. The number of rotatable bonds is 3. The Morgan fingerprint density at radius 3 is 1.74 bits per heavy atom. The van der Waals surface area contributed by atoms with E-state index in [-0.39, 0.29) is 0 Å². The zero-order chi connectivity index (χ0) is 22.5. The van der Waals surface area contributed by atoms with Crippen molar-refractivity contribution in [1.29, 1.82) is 0 Å². The van der Waals surface area contributed by atoms with Crippen molar-refractivity contribution < 1.29 is 0 Å². The SMILES string of the molecule is c1ccc(-c2nc3cc(-n4c5ccccc5c5ccccc54)ccn3c2-c2ccccc2)cc1. The molecule has 0 radical (unpaired) electrons. The molecule has 0 spiro atoms. The standard InChI is InChI=1S/C31H21N3/c1-3-11-22(12-4-1)30-31(23-13-5-2-6-14-23)33-20-19-24(21-29(33)32-30)34-27-17-9-7-15-25(27)26-16-8-10-18-28(26)34/h1-21H. The lowest BCUT2D eigenvalue weighted by Crippen LogP contribution is -1.96. The number of benzene rings is 4. The zero-order valence-corrected chi connectivity index (χ0v) is 18.5. The smallest absolute Gasteiger partial charge is 0.140 e. The number of hydrogen-bond donors (Lipinski definition) is 0. The molecule has 7 aromatic rings. The van der Waals surface area contributed by atoms with Gasteiger partial charge in [0.1, 0.15) is 5.65 Å². The Hall–Kier alpha value is -4.63. The highest BCUT2D eigenvalue weighted by Crippen LogP contribution is 2.35. The lowest BCUT2D eigenvalue weighted by molar-refractivity contribution is 1.13. The Balaban J connectivity index is 1.53. The number of hydrogen-bond acceptors (Lipinski definition) is 1. The van der Waals surface area contributed by atoms with Gasteiger partial charge in [0.05, 0.1) is 28.1 Å². The highest BCUT2D eigenvalue weighted by atomic mass is 15.0. The molecule has 0 atom stereocenters. The Labute approximate surface area is 197 Å². The van der Waals surface area contributed by atoms with E-state index >= 15 is 0 Å². The lowest BCUT2D eigenvalue weighted by atomic mass is 10.1. The fourth-order valence-electron chi connectivity index (χ4n) is 5.04. The van der Waals surface area contributed by atoms with Gasteiger partial charge in [0.2, 0.25) is 0 Å². The molecule has 0 amide bonds. The van der Waals surface area contributed by atoms with Crippen LogP contribution in [0.4, 0.5) is 0 Å². The van der Waals surface area contributed by atoms with Gasteiger partial charge in [-0.15, -0.1) is 0 Å². The number of fused-ring (bicyclic) bond motifs is 4. The molecule has 0 aliphatic heterocycles. The first-order valence-electron chi connectivity index (χ1n) is 11.5. The monoisotopic (exact) mass is 435 g/mol.